The molecule has 3 rings (SSSR count). The Balaban J connectivity index is 1.34. The van der Waals surface area contributed by atoms with E-state index >= 15 is 0 Å². The number of likely N-dealkylation sites (N-methyl/N-ethyl adjacent to an activating group) is 1. The molecule has 2 aliphatic rings. The molecule has 0 spiro atoms. The van der Waals surface area contributed by atoms with Crippen molar-refractivity contribution in [2.75, 3.05) is 71.2 Å². The molecule has 0 bridgehead atoms. The zero-order chi connectivity index (χ0) is 21.0. The van der Waals surface area contributed by atoms with Crippen LogP contribution in [0.4, 0.5) is 0 Å². The summed E-state index contributed by atoms with van der Waals surface area (Å²) in [4.78, 5) is 14.0. The first-order valence-corrected chi connectivity index (χ1v) is 12.9. The van der Waals surface area contributed by atoms with Crippen LogP contribution in [0.15, 0.2) is 40.2 Å². The molecule has 2 aliphatic heterocycles. The Labute approximate surface area is 188 Å². The summed E-state index contributed by atoms with van der Waals surface area (Å²) in [6.45, 7) is 15.9. The van der Waals surface area contributed by atoms with Crippen molar-refractivity contribution in [2.45, 2.75) is 38.0 Å². The first kappa shape index (κ1) is 23.4. The van der Waals surface area contributed by atoms with E-state index in [1.807, 2.05) is 11.8 Å². The summed E-state index contributed by atoms with van der Waals surface area (Å²) in [5.74, 6) is 3.08. The first-order valence-electron chi connectivity index (χ1n) is 11.9. The summed E-state index contributed by atoms with van der Waals surface area (Å²) in [5, 5.41) is 3.52. The normalized spacial score (nSPS) is 21.3. The van der Waals surface area contributed by atoms with Crippen LogP contribution in [0, 0.1) is 5.92 Å². The fourth-order valence-electron chi connectivity index (χ4n) is 4.28. The van der Waals surface area contributed by atoms with Gasteiger partial charge in [0.2, 0.25) is 0 Å². The molecule has 2 fully saturated rings. The van der Waals surface area contributed by atoms with Gasteiger partial charge in [0.15, 0.2) is 5.96 Å². The third-order valence-corrected chi connectivity index (χ3v) is 7.45. The second kappa shape index (κ2) is 13.2. The molecular weight excluding hydrogens is 390 g/mol. The maximum absolute atomic E-state index is 4.95. The van der Waals surface area contributed by atoms with Crippen molar-refractivity contribution in [2.24, 2.45) is 10.9 Å². The quantitative estimate of drug-likeness (QED) is 0.265. The van der Waals surface area contributed by atoms with Gasteiger partial charge >= 0.3 is 0 Å². The van der Waals surface area contributed by atoms with E-state index in [1.165, 1.54) is 69.2 Å². The highest BCUT2D eigenvalue weighted by Gasteiger charge is 2.24. The number of rotatable bonds is 10. The summed E-state index contributed by atoms with van der Waals surface area (Å²) in [6, 6.07) is 10.8. The number of thioether (sulfide) groups is 1. The third kappa shape index (κ3) is 7.78. The summed E-state index contributed by atoms with van der Waals surface area (Å²) >= 11 is 1.99. The molecule has 0 radical (unpaired) electrons. The zero-order valence-electron chi connectivity index (χ0n) is 19.1. The minimum absolute atomic E-state index is 0.751. The predicted molar refractivity (Wildman–Crippen MR) is 131 cm³/mol. The molecule has 30 heavy (non-hydrogen) atoms. The number of guanidine groups is 1. The van der Waals surface area contributed by atoms with Crippen molar-refractivity contribution >= 4 is 17.7 Å². The zero-order valence-corrected chi connectivity index (χ0v) is 19.9. The van der Waals surface area contributed by atoms with Crippen molar-refractivity contribution in [3.05, 3.63) is 30.3 Å². The van der Waals surface area contributed by atoms with E-state index in [2.05, 4.69) is 64.2 Å². The Hall–Kier alpha value is -1.24. The lowest BCUT2D eigenvalue weighted by molar-refractivity contribution is 0.136. The summed E-state index contributed by atoms with van der Waals surface area (Å²) in [6.07, 6.45) is 3.71. The molecule has 1 aromatic rings. The second-order valence-corrected chi connectivity index (χ2v) is 9.54. The molecule has 2 heterocycles. The molecule has 0 aromatic heterocycles. The number of nitrogens with one attached hydrogen (secondary N) is 1. The van der Waals surface area contributed by atoms with Crippen LogP contribution >= 0.6 is 11.8 Å². The minimum Gasteiger partial charge on any atom is -0.357 e. The van der Waals surface area contributed by atoms with E-state index in [4.69, 9.17) is 4.99 Å². The SMILES string of the molecule is CCNC(=NCCCCN1CCN(CC)CC1)N1CCC(CSc2ccccc2)C1. The van der Waals surface area contributed by atoms with E-state index < -0.39 is 0 Å². The molecular formula is C24H41N5S. The van der Waals surface area contributed by atoms with Crippen LogP contribution in [-0.2, 0) is 0 Å². The molecule has 2 saturated heterocycles. The standard InChI is InChI=1S/C24H41N5S/c1-3-25-24(26-13-8-9-14-28-18-16-27(4-2)17-19-28)29-15-12-22(20-29)21-30-23-10-6-5-7-11-23/h5-7,10-11,22H,3-4,8-9,12-21H2,1-2H3,(H,25,26). The summed E-state index contributed by atoms with van der Waals surface area (Å²) in [7, 11) is 0. The molecule has 1 N–H and O–H groups in total. The number of hydrogen-bond donors (Lipinski definition) is 1. The van der Waals surface area contributed by atoms with Crippen molar-refractivity contribution < 1.29 is 0 Å². The molecule has 1 atom stereocenters. The van der Waals surface area contributed by atoms with Gasteiger partial charge in [-0.3, -0.25) is 4.99 Å². The Morgan fingerprint density at radius 1 is 1.03 bits per heavy atom. The number of nitrogens with zero attached hydrogens (tertiary/aromatic N) is 4. The van der Waals surface area contributed by atoms with Crippen LogP contribution in [0.5, 0.6) is 0 Å². The Kier molecular flexibility index (Phi) is 10.3. The van der Waals surface area contributed by atoms with Crippen LogP contribution in [-0.4, -0.2) is 91.9 Å². The number of aliphatic imine (C=N–C) groups is 1. The van der Waals surface area contributed by atoms with E-state index in [0.29, 0.717) is 0 Å². The maximum Gasteiger partial charge on any atom is 0.193 e. The lowest BCUT2D eigenvalue weighted by atomic mass is 10.2. The van der Waals surface area contributed by atoms with Gasteiger partial charge in [0.25, 0.3) is 0 Å². The van der Waals surface area contributed by atoms with Gasteiger partial charge in [-0.05, 0) is 57.3 Å². The van der Waals surface area contributed by atoms with Crippen molar-refractivity contribution in [3.8, 4) is 0 Å². The van der Waals surface area contributed by atoms with Gasteiger partial charge in [-0.25, -0.2) is 0 Å². The molecule has 5 nitrogen and oxygen atoms in total. The van der Waals surface area contributed by atoms with Crippen molar-refractivity contribution in [1.29, 1.82) is 0 Å². The average molecular weight is 432 g/mol. The number of benzene rings is 1. The molecule has 1 aromatic carbocycles. The Bertz CT molecular complexity index is 615. The van der Waals surface area contributed by atoms with Gasteiger partial charge in [-0.15, -0.1) is 11.8 Å². The van der Waals surface area contributed by atoms with Gasteiger partial charge in [0.1, 0.15) is 0 Å². The predicted octanol–water partition coefficient (Wildman–Crippen LogP) is 3.48. The van der Waals surface area contributed by atoms with Crippen LogP contribution in [0.25, 0.3) is 0 Å². The fourth-order valence-corrected chi connectivity index (χ4v) is 5.33. The number of piperazine rings is 1. The smallest absolute Gasteiger partial charge is 0.193 e. The lowest BCUT2D eigenvalue weighted by Gasteiger charge is -2.33. The highest BCUT2D eigenvalue weighted by atomic mass is 32.2. The highest BCUT2D eigenvalue weighted by molar-refractivity contribution is 7.99. The van der Waals surface area contributed by atoms with Gasteiger partial charge in [-0.1, -0.05) is 25.1 Å². The summed E-state index contributed by atoms with van der Waals surface area (Å²) in [5.41, 5.74) is 0. The first-order chi connectivity index (χ1) is 14.8. The monoisotopic (exact) mass is 431 g/mol. The topological polar surface area (TPSA) is 34.1 Å². The van der Waals surface area contributed by atoms with Gasteiger partial charge in [0, 0.05) is 63.0 Å². The molecule has 0 amide bonds. The largest absolute Gasteiger partial charge is 0.357 e. The van der Waals surface area contributed by atoms with Crippen molar-refractivity contribution in [3.63, 3.8) is 0 Å². The van der Waals surface area contributed by atoms with E-state index in [9.17, 15) is 0 Å². The maximum atomic E-state index is 4.95. The minimum atomic E-state index is 0.751. The van der Waals surface area contributed by atoms with E-state index in [0.717, 1.165) is 38.1 Å². The Morgan fingerprint density at radius 2 is 1.80 bits per heavy atom. The van der Waals surface area contributed by atoms with Crippen molar-refractivity contribution in [1.82, 2.24) is 20.0 Å². The second-order valence-electron chi connectivity index (χ2n) is 8.44. The number of unbranched alkanes of at least 4 members (excludes halogenated alkanes) is 1. The van der Waals surface area contributed by atoms with Gasteiger partial charge in [-0.2, -0.15) is 0 Å². The molecule has 0 aliphatic carbocycles. The molecule has 0 saturated carbocycles. The lowest BCUT2D eigenvalue weighted by Crippen LogP contribution is -2.46. The van der Waals surface area contributed by atoms with Crippen LogP contribution in [0.1, 0.15) is 33.1 Å². The highest BCUT2D eigenvalue weighted by Crippen LogP contribution is 2.25. The van der Waals surface area contributed by atoms with Crippen LogP contribution in [0.3, 0.4) is 0 Å². The van der Waals surface area contributed by atoms with Crippen LogP contribution in [0.2, 0.25) is 0 Å². The average Bonchev–Trinajstić information content (AvgIpc) is 3.27. The molecule has 1 unspecified atom stereocenters. The Morgan fingerprint density at radius 3 is 2.53 bits per heavy atom. The van der Waals surface area contributed by atoms with E-state index in [1.54, 1.807) is 0 Å². The molecule has 168 valence electrons. The van der Waals surface area contributed by atoms with E-state index in [-0.39, 0.29) is 0 Å². The fraction of sp³-hybridized carbons (Fsp3) is 0.708. The van der Waals surface area contributed by atoms with Gasteiger partial charge < -0.3 is 20.0 Å². The summed E-state index contributed by atoms with van der Waals surface area (Å²) < 4.78 is 0. The third-order valence-electron chi connectivity index (χ3n) is 6.21. The van der Waals surface area contributed by atoms with Gasteiger partial charge in [0.05, 0.1) is 0 Å². The van der Waals surface area contributed by atoms with Crippen LogP contribution < -0.4 is 5.32 Å². The molecule has 6 heteroatoms. The number of hydrogen-bond acceptors (Lipinski definition) is 4. The number of likely N-dealkylation sites (tertiary alicyclic amines) is 1.